The van der Waals surface area contributed by atoms with Crippen molar-refractivity contribution in [2.75, 3.05) is 11.4 Å². The highest BCUT2D eigenvalue weighted by Gasteiger charge is 2.28. The maximum Gasteiger partial charge on any atom is 0.326 e. The van der Waals surface area contributed by atoms with Crippen molar-refractivity contribution in [3.63, 3.8) is 0 Å². The topological polar surface area (TPSA) is 53.4 Å². The van der Waals surface area contributed by atoms with E-state index in [1.165, 1.54) is 0 Å². The van der Waals surface area contributed by atoms with Crippen LogP contribution in [-0.4, -0.2) is 28.6 Å². The van der Waals surface area contributed by atoms with Gasteiger partial charge in [0.2, 0.25) is 0 Å². The van der Waals surface area contributed by atoms with Gasteiger partial charge in [0.15, 0.2) is 0 Å². The zero-order chi connectivity index (χ0) is 14.8. The lowest BCUT2D eigenvalue weighted by Gasteiger charge is -2.30. The molecular weight excluding hydrogens is 264 g/mol. The van der Waals surface area contributed by atoms with Gasteiger partial charge in [0.1, 0.15) is 6.04 Å². The van der Waals surface area contributed by atoms with Crippen molar-refractivity contribution in [2.45, 2.75) is 38.6 Å². The molecule has 4 nitrogen and oxygen atoms in total. The average Bonchev–Trinajstić information content (AvgIpc) is 2.72. The van der Waals surface area contributed by atoms with Gasteiger partial charge < -0.3 is 10.0 Å². The summed E-state index contributed by atoms with van der Waals surface area (Å²) in [5.41, 5.74) is 2.87. The van der Waals surface area contributed by atoms with Crippen LogP contribution in [-0.2, 0) is 4.79 Å². The van der Waals surface area contributed by atoms with Crippen molar-refractivity contribution >= 4 is 22.6 Å². The van der Waals surface area contributed by atoms with Crippen LogP contribution in [0.5, 0.6) is 0 Å². The van der Waals surface area contributed by atoms with Crippen LogP contribution >= 0.6 is 0 Å². The third-order valence-corrected chi connectivity index (χ3v) is 4.17. The first-order valence-corrected chi connectivity index (χ1v) is 7.52. The monoisotopic (exact) mass is 284 g/mol. The second-order valence-electron chi connectivity index (χ2n) is 5.70. The molecule has 1 aromatic carbocycles. The van der Waals surface area contributed by atoms with E-state index in [9.17, 15) is 9.90 Å². The summed E-state index contributed by atoms with van der Waals surface area (Å²) in [6, 6.07) is 9.55. The Labute approximate surface area is 124 Å². The van der Waals surface area contributed by atoms with Crippen LogP contribution in [0.25, 0.3) is 10.9 Å². The van der Waals surface area contributed by atoms with Gasteiger partial charge in [-0.25, -0.2) is 4.79 Å². The minimum absolute atomic E-state index is 0.433. The molecule has 0 radical (unpaired) electrons. The number of carboxylic acids is 1. The molecule has 2 aromatic rings. The molecule has 110 valence electrons. The summed E-state index contributed by atoms with van der Waals surface area (Å²) < 4.78 is 0. The van der Waals surface area contributed by atoms with Crippen LogP contribution in [0, 0.1) is 6.92 Å². The normalized spacial score (nSPS) is 19.5. The Morgan fingerprint density at radius 3 is 2.90 bits per heavy atom. The van der Waals surface area contributed by atoms with E-state index < -0.39 is 12.0 Å². The Bertz CT molecular complexity index is 669. The highest BCUT2D eigenvalue weighted by molar-refractivity contribution is 5.94. The molecular formula is C17H20N2O2. The number of pyridine rings is 1. The number of hydrogen-bond donors (Lipinski definition) is 1. The molecule has 1 aliphatic heterocycles. The molecule has 1 fully saturated rings. The molecule has 2 heterocycles. The molecule has 0 aliphatic carbocycles. The Hall–Kier alpha value is -2.10. The Kier molecular flexibility index (Phi) is 3.78. The number of rotatable bonds is 2. The van der Waals surface area contributed by atoms with Crippen molar-refractivity contribution in [1.82, 2.24) is 4.98 Å². The first kappa shape index (κ1) is 13.9. The van der Waals surface area contributed by atoms with Gasteiger partial charge in [0, 0.05) is 23.3 Å². The van der Waals surface area contributed by atoms with Crippen molar-refractivity contribution in [1.29, 1.82) is 0 Å². The lowest BCUT2D eigenvalue weighted by atomic mass is 10.1. The number of hydrogen-bond acceptors (Lipinski definition) is 3. The highest BCUT2D eigenvalue weighted by Crippen LogP contribution is 2.31. The second kappa shape index (κ2) is 5.72. The molecule has 1 aliphatic rings. The van der Waals surface area contributed by atoms with Crippen LogP contribution in [0.3, 0.4) is 0 Å². The molecule has 1 unspecified atom stereocenters. The number of carbonyl (C=O) groups is 1. The Balaban J connectivity index is 2.14. The first-order valence-electron chi connectivity index (χ1n) is 7.52. The van der Waals surface area contributed by atoms with Crippen molar-refractivity contribution < 1.29 is 9.90 Å². The van der Waals surface area contributed by atoms with Crippen LogP contribution in [0.2, 0.25) is 0 Å². The second-order valence-corrected chi connectivity index (χ2v) is 5.70. The van der Waals surface area contributed by atoms with Crippen LogP contribution in [0.1, 0.15) is 31.4 Å². The number of aliphatic carboxylic acids is 1. The van der Waals surface area contributed by atoms with Crippen LogP contribution in [0.4, 0.5) is 5.69 Å². The van der Waals surface area contributed by atoms with Gasteiger partial charge >= 0.3 is 5.97 Å². The van der Waals surface area contributed by atoms with Gasteiger partial charge in [0.05, 0.1) is 5.52 Å². The smallest absolute Gasteiger partial charge is 0.326 e. The molecule has 0 spiro atoms. The first-order chi connectivity index (χ1) is 10.2. The van der Waals surface area contributed by atoms with E-state index in [1.54, 1.807) is 0 Å². The largest absolute Gasteiger partial charge is 0.480 e. The molecule has 0 bridgehead atoms. The zero-order valence-electron chi connectivity index (χ0n) is 12.2. The van der Waals surface area contributed by atoms with Gasteiger partial charge in [0.25, 0.3) is 0 Å². The van der Waals surface area contributed by atoms with Crippen molar-refractivity contribution in [3.05, 3.63) is 36.0 Å². The van der Waals surface area contributed by atoms with Crippen molar-refractivity contribution in [3.8, 4) is 0 Å². The lowest BCUT2D eigenvalue weighted by Crippen LogP contribution is -2.41. The number of benzene rings is 1. The SMILES string of the molecule is Cc1cc(N2CCCCCC2C(=O)O)c2ccccc2n1. The van der Waals surface area contributed by atoms with E-state index in [0.29, 0.717) is 6.42 Å². The average molecular weight is 284 g/mol. The predicted octanol–water partition coefficient (Wildman–Crippen LogP) is 3.38. The maximum atomic E-state index is 11.7. The standard InChI is InChI=1S/C17H20N2O2/c1-12-11-16(13-7-4-5-8-14(13)18-12)19-10-6-2-3-9-15(19)17(20)21/h4-5,7-8,11,15H,2-3,6,9-10H2,1H3,(H,20,21). The van der Waals surface area contributed by atoms with Crippen molar-refractivity contribution in [2.24, 2.45) is 0 Å². The molecule has 4 heteroatoms. The van der Waals surface area contributed by atoms with Gasteiger partial charge in [-0.2, -0.15) is 0 Å². The summed E-state index contributed by atoms with van der Waals surface area (Å²) in [4.78, 5) is 18.3. The van der Waals surface area contributed by atoms with Gasteiger partial charge in [-0.1, -0.05) is 31.0 Å². The number of carboxylic acid groups (broad SMARTS) is 1. The fourth-order valence-corrected chi connectivity index (χ4v) is 3.18. The lowest BCUT2D eigenvalue weighted by molar-refractivity contribution is -0.138. The molecule has 1 N–H and O–H groups in total. The van der Waals surface area contributed by atoms with Gasteiger partial charge in [-0.15, -0.1) is 0 Å². The molecule has 0 saturated carbocycles. The van der Waals surface area contributed by atoms with E-state index in [4.69, 9.17) is 0 Å². The van der Waals surface area contributed by atoms with E-state index in [1.807, 2.05) is 37.3 Å². The quantitative estimate of drug-likeness (QED) is 0.918. The summed E-state index contributed by atoms with van der Waals surface area (Å²) in [5, 5.41) is 10.6. The Morgan fingerprint density at radius 1 is 1.29 bits per heavy atom. The third kappa shape index (κ3) is 2.71. The Morgan fingerprint density at radius 2 is 2.10 bits per heavy atom. The number of fused-ring (bicyclic) bond motifs is 1. The number of anilines is 1. The number of para-hydroxylation sites is 1. The number of aryl methyl sites for hydroxylation is 1. The molecule has 21 heavy (non-hydrogen) atoms. The van der Waals surface area contributed by atoms with Crippen LogP contribution in [0.15, 0.2) is 30.3 Å². The minimum Gasteiger partial charge on any atom is -0.480 e. The molecule has 3 rings (SSSR count). The molecule has 1 atom stereocenters. The van der Waals surface area contributed by atoms with Gasteiger partial charge in [-0.3, -0.25) is 4.98 Å². The predicted molar refractivity (Wildman–Crippen MR) is 83.7 cm³/mol. The maximum absolute atomic E-state index is 11.7. The summed E-state index contributed by atoms with van der Waals surface area (Å²) in [7, 11) is 0. The summed E-state index contributed by atoms with van der Waals surface area (Å²) in [6.07, 6.45) is 3.84. The van der Waals surface area contributed by atoms with E-state index >= 15 is 0 Å². The highest BCUT2D eigenvalue weighted by atomic mass is 16.4. The molecule has 1 aromatic heterocycles. The third-order valence-electron chi connectivity index (χ3n) is 4.17. The van der Waals surface area contributed by atoms with Gasteiger partial charge in [-0.05, 0) is 31.9 Å². The summed E-state index contributed by atoms with van der Waals surface area (Å²) >= 11 is 0. The minimum atomic E-state index is -0.726. The number of nitrogens with zero attached hydrogens (tertiary/aromatic N) is 2. The van der Waals surface area contributed by atoms with E-state index in [0.717, 1.165) is 48.1 Å². The molecule has 1 saturated heterocycles. The summed E-state index contributed by atoms with van der Waals surface area (Å²) in [6.45, 7) is 2.76. The summed E-state index contributed by atoms with van der Waals surface area (Å²) in [5.74, 6) is -0.726. The fraction of sp³-hybridized carbons (Fsp3) is 0.412. The fourth-order valence-electron chi connectivity index (χ4n) is 3.18. The number of aromatic nitrogens is 1. The zero-order valence-corrected chi connectivity index (χ0v) is 12.2. The van der Waals surface area contributed by atoms with E-state index in [2.05, 4.69) is 9.88 Å². The molecule has 0 amide bonds. The van der Waals surface area contributed by atoms with Crippen LogP contribution < -0.4 is 4.90 Å². The van der Waals surface area contributed by atoms with E-state index in [-0.39, 0.29) is 0 Å².